The van der Waals surface area contributed by atoms with Crippen LogP contribution in [-0.4, -0.2) is 18.4 Å². The van der Waals surface area contributed by atoms with Gasteiger partial charge in [0.05, 0.1) is 12.2 Å². The minimum atomic E-state index is -0.370. The van der Waals surface area contributed by atoms with Gasteiger partial charge in [-0.3, -0.25) is 4.79 Å². The summed E-state index contributed by atoms with van der Waals surface area (Å²) in [6.07, 6.45) is 5.18. The zero-order valence-corrected chi connectivity index (χ0v) is 17.5. The van der Waals surface area contributed by atoms with E-state index < -0.39 is 0 Å². The molecule has 0 saturated heterocycles. The van der Waals surface area contributed by atoms with Crippen LogP contribution in [0.25, 0.3) is 0 Å². The second kappa shape index (κ2) is 8.87. The predicted octanol–water partition coefficient (Wildman–Crippen LogP) is 5.15. The number of ketones is 1. The van der Waals surface area contributed by atoms with Crippen molar-refractivity contribution in [3.8, 4) is 0 Å². The topological polar surface area (TPSA) is 55.4 Å². The SMILES string of the molecule is CCCCCOC(=O)C1=C(C)NC2=C(C(=O)CCC2)[C@H]1c1cccc(Br)c1. The van der Waals surface area contributed by atoms with Crippen molar-refractivity contribution in [3.63, 3.8) is 0 Å². The summed E-state index contributed by atoms with van der Waals surface area (Å²) < 4.78 is 6.50. The number of hydrogen-bond donors (Lipinski definition) is 1. The average Bonchev–Trinajstić information content (AvgIpc) is 2.64. The maximum Gasteiger partial charge on any atom is 0.336 e. The number of ether oxygens (including phenoxy) is 1. The molecule has 0 radical (unpaired) electrons. The van der Waals surface area contributed by atoms with E-state index in [4.69, 9.17) is 4.74 Å². The smallest absolute Gasteiger partial charge is 0.336 e. The van der Waals surface area contributed by atoms with E-state index in [0.717, 1.165) is 59.1 Å². The van der Waals surface area contributed by atoms with Crippen LogP contribution >= 0.6 is 15.9 Å². The molecule has 1 aliphatic heterocycles. The highest BCUT2D eigenvalue weighted by Gasteiger charge is 2.39. The molecule has 27 heavy (non-hydrogen) atoms. The van der Waals surface area contributed by atoms with Crippen LogP contribution in [0.4, 0.5) is 0 Å². The molecule has 0 spiro atoms. The molecule has 144 valence electrons. The van der Waals surface area contributed by atoms with Crippen molar-refractivity contribution in [3.05, 3.63) is 56.8 Å². The van der Waals surface area contributed by atoms with E-state index in [-0.39, 0.29) is 17.7 Å². The molecule has 0 aromatic heterocycles. The normalized spacial score (nSPS) is 19.7. The molecule has 0 amide bonds. The summed E-state index contributed by atoms with van der Waals surface area (Å²) in [6, 6.07) is 7.85. The highest BCUT2D eigenvalue weighted by atomic mass is 79.9. The molecule has 0 saturated carbocycles. The zero-order valence-electron chi connectivity index (χ0n) is 15.9. The number of hydrogen-bond acceptors (Lipinski definition) is 4. The summed E-state index contributed by atoms with van der Waals surface area (Å²) in [5.41, 5.74) is 3.96. The summed E-state index contributed by atoms with van der Waals surface area (Å²) in [5, 5.41) is 3.32. The molecule has 1 N–H and O–H groups in total. The van der Waals surface area contributed by atoms with Crippen molar-refractivity contribution >= 4 is 27.7 Å². The second-order valence-corrected chi connectivity index (χ2v) is 8.08. The van der Waals surface area contributed by atoms with Crippen LogP contribution in [-0.2, 0) is 14.3 Å². The number of unbranched alkanes of at least 4 members (excludes halogenated alkanes) is 2. The van der Waals surface area contributed by atoms with Crippen LogP contribution in [0.1, 0.15) is 63.9 Å². The van der Waals surface area contributed by atoms with Crippen LogP contribution < -0.4 is 5.32 Å². The minimum absolute atomic E-state index is 0.123. The Labute approximate surface area is 169 Å². The Kier molecular flexibility index (Phi) is 6.53. The van der Waals surface area contributed by atoms with E-state index in [1.54, 1.807) is 0 Å². The minimum Gasteiger partial charge on any atom is -0.462 e. The molecule has 1 aromatic carbocycles. The number of dihydropyridines is 1. The molecule has 2 aliphatic rings. The lowest BCUT2D eigenvalue weighted by Crippen LogP contribution is -2.34. The van der Waals surface area contributed by atoms with Crippen LogP contribution in [0.15, 0.2) is 51.3 Å². The first-order chi connectivity index (χ1) is 13.0. The van der Waals surface area contributed by atoms with E-state index >= 15 is 0 Å². The lowest BCUT2D eigenvalue weighted by Gasteiger charge is -2.34. The van der Waals surface area contributed by atoms with Gasteiger partial charge in [-0.15, -0.1) is 0 Å². The lowest BCUT2D eigenvalue weighted by atomic mass is 9.75. The summed E-state index contributed by atoms with van der Waals surface area (Å²) in [7, 11) is 0. The maximum absolute atomic E-state index is 13.0. The van der Waals surface area contributed by atoms with Gasteiger partial charge in [0.2, 0.25) is 0 Å². The van der Waals surface area contributed by atoms with Crippen molar-refractivity contribution in [2.24, 2.45) is 0 Å². The summed E-state index contributed by atoms with van der Waals surface area (Å²) in [4.78, 5) is 25.7. The summed E-state index contributed by atoms with van der Waals surface area (Å²) >= 11 is 3.51. The Balaban J connectivity index is 1.99. The molecule has 3 rings (SSSR count). The van der Waals surface area contributed by atoms with Crippen molar-refractivity contribution in [1.29, 1.82) is 0 Å². The van der Waals surface area contributed by atoms with E-state index in [1.807, 2.05) is 31.2 Å². The average molecular weight is 432 g/mol. The first-order valence-corrected chi connectivity index (χ1v) is 10.5. The van der Waals surface area contributed by atoms with Gasteiger partial charge in [0, 0.05) is 33.8 Å². The number of benzene rings is 1. The van der Waals surface area contributed by atoms with Gasteiger partial charge in [0.25, 0.3) is 0 Å². The van der Waals surface area contributed by atoms with Gasteiger partial charge in [-0.1, -0.05) is 47.8 Å². The fraction of sp³-hybridized carbons (Fsp3) is 0.455. The number of rotatable bonds is 6. The Morgan fingerprint density at radius 2 is 2.11 bits per heavy atom. The Morgan fingerprint density at radius 3 is 2.85 bits per heavy atom. The number of carbonyl (C=O) groups is 2. The molecule has 1 heterocycles. The van der Waals surface area contributed by atoms with Crippen molar-refractivity contribution in [2.75, 3.05) is 6.61 Å². The number of Topliss-reactive ketones (excluding diaryl/α,β-unsaturated/α-hetero) is 1. The van der Waals surface area contributed by atoms with Gasteiger partial charge in [-0.05, 0) is 43.9 Å². The molecule has 0 unspecified atom stereocenters. The molecule has 1 atom stereocenters. The largest absolute Gasteiger partial charge is 0.462 e. The Bertz CT molecular complexity index is 810. The molecule has 1 aliphatic carbocycles. The summed E-state index contributed by atoms with van der Waals surface area (Å²) in [5.74, 6) is -0.575. The third kappa shape index (κ3) is 4.34. The number of esters is 1. The zero-order chi connectivity index (χ0) is 19.4. The fourth-order valence-corrected chi connectivity index (χ4v) is 4.28. The third-order valence-corrected chi connectivity index (χ3v) is 5.65. The number of allylic oxidation sites excluding steroid dienone is 3. The molecule has 4 nitrogen and oxygen atoms in total. The third-order valence-electron chi connectivity index (χ3n) is 5.16. The van der Waals surface area contributed by atoms with Gasteiger partial charge >= 0.3 is 5.97 Å². The molecule has 5 heteroatoms. The molecule has 0 fully saturated rings. The van der Waals surface area contributed by atoms with Gasteiger partial charge in [-0.25, -0.2) is 4.79 Å². The Morgan fingerprint density at radius 1 is 1.30 bits per heavy atom. The molecule has 1 aromatic rings. The fourth-order valence-electron chi connectivity index (χ4n) is 3.87. The van der Waals surface area contributed by atoms with E-state index in [2.05, 4.69) is 28.2 Å². The van der Waals surface area contributed by atoms with Crippen molar-refractivity contribution in [2.45, 2.75) is 58.3 Å². The number of carbonyl (C=O) groups excluding carboxylic acids is 2. The quantitative estimate of drug-likeness (QED) is 0.499. The van der Waals surface area contributed by atoms with Crippen LogP contribution in [0.3, 0.4) is 0 Å². The van der Waals surface area contributed by atoms with Crippen LogP contribution in [0.2, 0.25) is 0 Å². The first-order valence-electron chi connectivity index (χ1n) is 9.69. The molecular formula is C22H26BrNO3. The van der Waals surface area contributed by atoms with Gasteiger partial charge in [-0.2, -0.15) is 0 Å². The van der Waals surface area contributed by atoms with Crippen LogP contribution in [0.5, 0.6) is 0 Å². The highest BCUT2D eigenvalue weighted by Crippen LogP contribution is 2.42. The Hall–Kier alpha value is -1.88. The first kappa shape index (κ1) is 19.9. The van der Waals surface area contributed by atoms with Crippen molar-refractivity contribution < 1.29 is 14.3 Å². The van der Waals surface area contributed by atoms with E-state index in [0.29, 0.717) is 18.6 Å². The number of nitrogens with one attached hydrogen (secondary N) is 1. The van der Waals surface area contributed by atoms with Crippen LogP contribution in [0, 0.1) is 0 Å². The van der Waals surface area contributed by atoms with E-state index in [9.17, 15) is 9.59 Å². The number of halogens is 1. The van der Waals surface area contributed by atoms with Gasteiger partial charge < -0.3 is 10.1 Å². The highest BCUT2D eigenvalue weighted by molar-refractivity contribution is 9.10. The second-order valence-electron chi connectivity index (χ2n) is 7.16. The lowest BCUT2D eigenvalue weighted by molar-refractivity contribution is -0.139. The van der Waals surface area contributed by atoms with Gasteiger partial charge in [0.15, 0.2) is 5.78 Å². The summed E-state index contributed by atoms with van der Waals surface area (Å²) in [6.45, 7) is 4.43. The monoisotopic (exact) mass is 431 g/mol. The molecular weight excluding hydrogens is 406 g/mol. The maximum atomic E-state index is 13.0. The van der Waals surface area contributed by atoms with Gasteiger partial charge in [0.1, 0.15) is 0 Å². The van der Waals surface area contributed by atoms with E-state index in [1.165, 1.54) is 0 Å². The van der Waals surface area contributed by atoms with Crippen molar-refractivity contribution in [1.82, 2.24) is 5.32 Å². The molecule has 0 bridgehead atoms. The standard InChI is InChI=1S/C22H26BrNO3/c1-3-4-5-12-27-22(26)19-14(2)24-17-10-7-11-18(25)21(17)20(19)15-8-6-9-16(23)13-15/h6,8-9,13,20,24H,3-5,7,10-12H2,1-2H3/t20-/m0/s1. The predicted molar refractivity (Wildman–Crippen MR) is 109 cm³/mol.